The Morgan fingerprint density at radius 1 is 1.07 bits per heavy atom. The number of nitrogens with zero attached hydrogens (tertiary/aromatic N) is 1. The molecular weight excluding hydrogens is 340 g/mol. The SMILES string of the molecule is CC(C)c1cc(NC(=O)c2cc3ccccc3cc2NC(=O)C2CC2)n[nH]1. The van der Waals surface area contributed by atoms with Gasteiger partial charge in [-0.05, 0) is 41.7 Å². The molecule has 27 heavy (non-hydrogen) atoms. The van der Waals surface area contributed by atoms with Crippen LogP contribution in [-0.2, 0) is 4.79 Å². The molecule has 1 heterocycles. The van der Waals surface area contributed by atoms with Gasteiger partial charge < -0.3 is 10.6 Å². The van der Waals surface area contributed by atoms with E-state index in [1.807, 2.05) is 56.3 Å². The summed E-state index contributed by atoms with van der Waals surface area (Å²) in [6.07, 6.45) is 1.82. The van der Waals surface area contributed by atoms with Crippen molar-refractivity contribution in [2.75, 3.05) is 10.6 Å². The van der Waals surface area contributed by atoms with Crippen LogP contribution in [0.1, 0.15) is 48.7 Å². The van der Waals surface area contributed by atoms with Crippen LogP contribution in [0.3, 0.4) is 0 Å². The monoisotopic (exact) mass is 362 g/mol. The Morgan fingerprint density at radius 2 is 1.78 bits per heavy atom. The number of benzene rings is 2. The van der Waals surface area contributed by atoms with Gasteiger partial charge in [-0.25, -0.2) is 0 Å². The Balaban J connectivity index is 1.66. The lowest BCUT2D eigenvalue weighted by molar-refractivity contribution is -0.117. The van der Waals surface area contributed by atoms with E-state index in [0.29, 0.717) is 17.1 Å². The summed E-state index contributed by atoms with van der Waals surface area (Å²) in [5.74, 6) is 0.496. The molecule has 0 radical (unpaired) electrons. The summed E-state index contributed by atoms with van der Waals surface area (Å²) in [5.41, 5.74) is 1.91. The van der Waals surface area contributed by atoms with Crippen LogP contribution in [0.4, 0.5) is 11.5 Å². The minimum Gasteiger partial charge on any atom is -0.325 e. The highest BCUT2D eigenvalue weighted by Gasteiger charge is 2.30. The van der Waals surface area contributed by atoms with Gasteiger partial charge >= 0.3 is 0 Å². The predicted molar refractivity (Wildman–Crippen MR) is 106 cm³/mol. The number of H-pyrrole nitrogens is 1. The van der Waals surface area contributed by atoms with Crippen LogP contribution in [-0.4, -0.2) is 22.0 Å². The second-order valence-corrected chi connectivity index (χ2v) is 7.33. The zero-order valence-electron chi connectivity index (χ0n) is 15.4. The Morgan fingerprint density at radius 3 is 2.41 bits per heavy atom. The van der Waals surface area contributed by atoms with Gasteiger partial charge in [-0.3, -0.25) is 14.7 Å². The standard InChI is InChI=1S/C21H22N4O2/c1-12(2)17-11-19(25-24-17)23-21(27)16-9-14-5-3-4-6-15(14)10-18(16)22-20(26)13-7-8-13/h3-6,9-13H,7-8H2,1-2H3,(H,22,26)(H2,23,24,25,27). The summed E-state index contributed by atoms with van der Waals surface area (Å²) >= 11 is 0. The van der Waals surface area contributed by atoms with Crippen molar-refractivity contribution in [1.29, 1.82) is 0 Å². The molecule has 1 saturated carbocycles. The van der Waals surface area contributed by atoms with Gasteiger partial charge in [0.1, 0.15) is 0 Å². The second kappa shape index (κ2) is 6.87. The fourth-order valence-corrected chi connectivity index (χ4v) is 2.99. The Hall–Kier alpha value is -3.15. The van der Waals surface area contributed by atoms with Crippen LogP contribution in [0.5, 0.6) is 0 Å². The third-order valence-electron chi connectivity index (χ3n) is 4.80. The van der Waals surface area contributed by atoms with Gasteiger partial charge in [-0.15, -0.1) is 0 Å². The predicted octanol–water partition coefficient (Wildman–Crippen LogP) is 4.29. The molecule has 2 amide bonds. The van der Waals surface area contributed by atoms with E-state index in [-0.39, 0.29) is 23.7 Å². The number of hydrogen-bond donors (Lipinski definition) is 3. The first-order chi connectivity index (χ1) is 13.0. The molecule has 1 aromatic heterocycles. The molecule has 0 bridgehead atoms. The summed E-state index contributed by atoms with van der Waals surface area (Å²) in [5, 5.41) is 14.7. The lowest BCUT2D eigenvalue weighted by Crippen LogP contribution is -2.19. The highest BCUT2D eigenvalue weighted by molar-refractivity contribution is 6.12. The summed E-state index contributed by atoms with van der Waals surface area (Å²) in [6.45, 7) is 4.10. The highest BCUT2D eigenvalue weighted by Crippen LogP contribution is 2.32. The molecule has 0 aliphatic heterocycles. The van der Waals surface area contributed by atoms with E-state index in [4.69, 9.17) is 0 Å². The van der Waals surface area contributed by atoms with Crippen LogP contribution in [0.25, 0.3) is 10.8 Å². The van der Waals surface area contributed by atoms with Crippen LogP contribution in [0.2, 0.25) is 0 Å². The van der Waals surface area contributed by atoms with Crippen molar-refractivity contribution in [2.45, 2.75) is 32.6 Å². The molecular formula is C21H22N4O2. The van der Waals surface area contributed by atoms with Crippen LogP contribution >= 0.6 is 0 Å². The topological polar surface area (TPSA) is 86.9 Å². The Kier molecular flexibility index (Phi) is 4.39. The number of aromatic nitrogens is 2. The van der Waals surface area contributed by atoms with Gasteiger partial charge in [0.05, 0.1) is 11.3 Å². The van der Waals surface area contributed by atoms with Crippen LogP contribution in [0.15, 0.2) is 42.5 Å². The molecule has 6 heteroatoms. The van der Waals surface area contributed by atoms with E-state index < -0.39 is 0 Å². The van der Waals surface area contributed by atoms with Crippen molar-refractivity contribution < 1.29 is 9.59 Å². The van der Waals surface area contributed by atoms with Crippen molar-refractivity contribution in [3.8, 4) is 0 Å². The third-order valence-corrected chi connectivity index (χ3v) is 4.80. The number of nitrogens with one attached hydrogen (secondary N) is 3. The normalized spacial score (nSPS) is 13.7. The van der Waals surface area contributed by atoms with E-state index in [9.17, 15) is 9.59 Å². The molecule has 3 N–H and O–H groups in total. The smallest absolute Gasteiger partial charge is 0.258 e. The molecule has 1 aliphatic carbocycles. The minimum atomic E-state index is -0.298. The van der Waals surface area contributed by atoms with Gasteiger partial charge in [0.25, 0.3) is 5.91 Å². The molecule has 3 aromatic rings. The molecule has 2 aromatic carbocycles. The first-order valence-electron chi connectivity index (χ1n) is 9.21. The summed E-state index contributed by atoms with van der Waals surface area (Å²) < 4.78 is 0. The van der Waals surface area contributed by atoms with Gasteiger partial charge in [-0.2, -0.15) is 5.10 Å². The number of fused-ring (bicyclic) bond motifs is 1. The molecule has 0 spiro atoms. The molecule has 6 nitrogen and oxygen atoms in total. The molecule has 0 saturated heterocycles. The number of carbonyl (C=O) groups is 2. The quantitative estimate of drug-likeness (QED) is 0.633. The molecule has 1 fully saturated rings. The number of hydrogen-bond acceptors (Lipinski definition) is 3. The molecule has 0 unspecified atom stereocenters. The molecule has 4 rings (SSSR count). The van der Waals surface area contributed by atoms with Crippen LogP contribution < -0.4 is 10.6 Å². The zero-order valence-corrected chi connectivity index (χ0v) is 15.4. The van der Waals surface area contributed by atoms with Crippen molar-refractivity contribution in [2.24, 2.45) is 5.92 Å². The largest absolute Gasteiger partial charge is 0.325 e. The number of carbonyl (C=O) groups excluding carboxylic acids is 2. The highest BCUT2D eigenvalue weighted by atomic mass is 16.2. The summed E-state index contributed by atoms with van der Waals surface area (Å²) in [7, 11) is 0. The summed E-state index contributed by atoms with van der Waals surface area (Å²) in [4.78, 5) is 25.2. The number of amides is 2. The Labute approximate surface area is 157 Å². The maximum absolute atomic E-state index is 12.9. The van der Waals surface area contributed by atoms with Gasteiger partial charge in [-0.1, -0.05) is 38.1 Å². The molecule has 0 atom stereocenters. The fourth-order valence-electron chi connectivity index (χ4n) is 2.99. The molecule has 1 aliphatic rings. The van der Waals surface area contributed by atoms with E-state index in [1.165, 1.54) is 0 Å². The average Bonchev–Trinajstić information content (AvgIpc) is 3.40. The lowest BCUT2D eigenvalue weighted by Gasteiger charge is -2.12. The van der Waals surface area contributed by atoms with Crippen molar-refractivity contribution in [1.82, 2.24) is 10.2 Å². The van der Waals surface area contributed by atoms with Gasteiger partial charge in [0.15, 0.2) is 5.82 Å². The Bertz CT molecular complexity index is 1020. The number of aromatic amines is 1. The van der Waals surface area contributed by atoms with Crippen molar-refractivity contribution in [3.63, 3.8) is 0 Å². The van der Waals surface area contributed by atoms with E-state index >= 15 is 0 Å². The van der Waals surface area contributed by atoms with Crippen molar-refractivity contribution in [3.05, 3.63) is 53.7 Å². The van der Waals surface area contributed by atoms with E-state index in [2.05, 4.69) is 20.8 Å². The third kappa shape index (κ3) is 3.69. The zero-order chi connectivity index (χ0) is 19.0. The van der Waals surface area contributed by atoms with E-state index in [0.717, 1.165) is 29.3 Å². The fraction of sp³-hybridized carbons (Fsp3) is 0.286. The second-order valence-electron chi connectivity index (χ2n) is 7.33. The van der Waals surface area contributed by atoms with Gasteiger partial charge in [0, 0.05) is 17.7 Å². The van der Waals surface area contributed by atoms with E-state index in [1.54, 1.807) is 0 Å². The molecule has 138 valence electrons. The van der Waals surface area contributed by atoms with Crippen LogP contribution in [0, 0.1) is 5.92 Å². The minimum absolute atomic E-state index is 0.0267. The first kappa shape index (κ1) is 17.3. The maximum atomic E-state index is 12.9. The lowest BCUT2D eigenvalue weighted by atomic mass is 10.0. The number of rotatable bonds is 5. The number of anilines is 2. The van der Waals surface area contributed by atoms with Gasteiger partial charge in [0.2, 0.25) is 5.91 Å². The average molecular weight is 362 g/mol. The maximum Gasteiger partial charge on any atom is 0.258 e. The van der Waals surface area contributed by atoms with Crippen molar-refractivity contribution >= 4 is 34.1 Å². The first-order valence-corrected chi connectivity index (χ1v) is 9.21. The summed E-state index contributed by atoms with van der Waals surface area (Å²) in [6, 6.07) is 13.3.